The summed E-state index contributed by atoms with van der Waals surface area (Å²) in [5, 5.41) is 18.2. The molecule has 0 radical (unpaired) electrons. The molecule has 0 aliphatic carbocycles. The van der Waals surface area contributed by atoms with Gasteiger partial charge in [-0.3, -0.25) is 0 Å². The summed E-state index contributed by atoms with van der Waals surface area (Å²) in [7, 11) is 0. The maximum Gasteiger partial charge on any atom is 0.360 e. The Labute approximate surface area is 141 Å². The molecule has 2 aromatic rings. The lowest BCUT2D eigenvalue weighted by molar-refractivity contribution is 0.0690. The number of hydrogen-bond acceptors (Lipinski definition) is 5. The quantitative estimate of drug-likeness (QED) is 0.760. The number of aromatic nitrogens is 3. The average molecular weight is 332 g/mol. The van der Waals surface area contributed by atoms with Gasteiger partial charge in [0.2, 0.25) is 5.69 Å². The van der Waals surface area contributed by atoms with Crippen LogP contribution in [-0.4, -0.2) is 45.8 Å². The van der Waals surface area contributed by atoms with Gasteiger partial charge < -0.3 is 14.7 Å². The number of anilines is 1. The molecule has 7 heteroatoms. The van der Waals surface area contributed by atoms with E-state index in [1.165, 1.54) is 4.80 Å². The number of ether oxygens (including phenoxy) is 1. The van der Waals surface area contributed by atoms with Crippen LogP contribution in [0.25, 0.3) is 5.69 Å². The smallest absolute Gasteiger partial charge is 0.360 e. The van der Waals surface area contributed by atoms with Crippen molar-refractivity contribution in [2.24, 2.45) is 0 Å². The van der Waals surface area contributed by atoms with Crippen LogP contribution in [0.5, 0.6) is 5.75 Å². The summed E-state index contributed by atoms with van der Waals surface area (Å²) >= 11 is 0. The summed E-state index contributed by atoms with van der Waals surface area (Å²) in [6, 6.07) is 7.33. The number of rotatable bonds is 9. The Morgan fingerprint density at radius 1 is 1.17 bits per heavy atom. The van der Waals surface area contributed by atoms with Crippen LogP contribution in [0.2, 0.25) is 0 Å². The second-order valence-corrected chi connectivity index (χ2v) is 5.35. The van der Waals surface area contributed by atoms with Crippen molar-refractivity contribution in [1.29, 1.82) is 0 Å². The SMILES string of the molecule is CCCN(CCC)c1nn(-c2ccccc2OCC)nc1C(=O)O. The van der Waals surface area contributed by atoms with Crippen molar-refractivity contribution in [3.05, 3.63) is 30.0 Å². The molecule has 0 spiro atoms. The molecule has 7 nitrogen and oxygen atoms in total. The monoisotopic (exact) mass is 332 g/mol. The van der Waals surface area contributed by atoms with Crippen molar-refractivity contribution >= 4 is 11.8 Å². The zero-order valence-electron chi connectivity index (χ0n) is 14.4. The maximum atomic E-state index is 11.6. The highest BCUT2D eigenvalue weighted by Gasteiger charge is 2.23. The van der Waals surface area contributed by atoms with Crippen molar-refractivity contribution in [2.75, 3.05) is 24.6 Å². The van der Waals surface area contributed by atoms with Crippen LogP contribution in [0.3, 0.4) is 0 Å². The fourth-order valence-electron chi connectivity index (χ4n) is 2.52. The van der Waals surface area contributed by atoms with Crippen LogP contribution in [0, 0.1) is 0 Å². The van der Waals surface area contributed by atoms with E-state index in [2.05, 4.69) is 24.0 Å². The molecule has 2 rings (SSSR count). The number of benzene rings is 1. The van der Waals surface area contributed by atoms with Gasteiger partial charge in [0.05, 0.1) is 6.61 Å². The van der Waals surface area contributed by atoms with Gasteiger partial charge in [0.15, 0.2) is 5.82 Å². The van der Waals surface area contributed by atoms with E-state index in [0.717, 1.165) is 25.9 Å². The van der Waals surface area contributed by atoms with E-state index in [1.807, 2.05) is 36.1 Å². The molecular weight excluding hydrogens is 308 g/mol. The molecule has 0 saturated carbocycles. The highest BCUT2D eigenvalue weighted by atomic mass is 16.5. The number of hydrogen-bond donors (Lipinski definition) is 1. The number of aromatic carboxylic acids is 1. The number of para-hydroxylation sites is 2. The summed E-state index contributed by atoms with van der Waals surface area (Å²) < 4.78 is 5.59. The topological polar surface area (TPSA) is 80.5 Å². The Balaban J connectivity index is 2.50. The fourth-order valence-corrected chi connectivity index (χ4v) is 2.52. The first-order chi connectivity index (χ1) is 11.6. The molecule has 0 aliphatic heterocycles. The summed E-state index contributed by atoms with van der Waals surface area (Å²) in [4.78, 5) is 14.9. The molecule has 130 valence electrons. The Bertz CT molecular complexity index is 678. The summed E-state index contributed by atoms with van der Waals surface area (Å²) in [6.07, 6.45) is 1.81. The predicted molar refractivity (Wildman–Crippen MR) is 92.3 cm³/mol. The largest absolute Gasteiger partial charge is 0.492 e. The first-order valence-corrected chi connectivity index (χ1v) is 8.30. The summed E-state index contributed by atoms with van der Waals surface area (Å²) in [5.41, 5.74) is 0.587. The molecule has 0 atom stereocenters. The molecule has 1 heterocycles. The Morgan fingerprint density at radius 2 is 1.83 bits per heavy atom. The zero-order chi connectivity index (χ0) is 17.5. The Kier molecular flexibility index (Phi) is 6.17. The highest BCUT2D eigenvalue weighted by molar-refractivity contribution is 5.91. The van der Waals surface area contributed by atoms with Gasteiger partial charge in [-0.05, 0) is 31.9 Å². The van der Waals surface area contributed by atoms with E-state index >= 15 is 0 Å². The second kappa shape index (κ2) is 8.33. The van der Waals surface area contributed by atoms with E-state index in [9.17, 15) is 9.90 Å². The van der Waals surface area contributed by atoms with Gasteiger partial charge >= 0.3 is 5.97 Å². The molecule has 0 bridgehead atoms. The molecular formula is C17H24N4O3. The number of carboxylic acids is 1. The van der Waals surface area contributed by atoms with Crippen LogP contribution in [-0.2, 0) is 0 Å². The zero-order valence-corrected chi connectivity index (χ0v) is 14.4. The lowest BCUT2D eigenvalue weighted by Gasteiger charge is -2.20. The first kappa shape index (κ1) is 17.8. The molecule has 1 N–H and O–H groups in total. The third-order valence-electron chi connectivity index (χ3n) is 3.47. The maximum absolute atomic E-state index is 11.6. The third-order valence-corrected chi connectivity index (χ3v) is 3.47. The van der Waals surface area contributed by atoms with Gasteiger partial charge in [-0.1, -0.05) is 26.0 Å². The van der Waals surface area contributed by atoms with Crippen molar-refractivity contribution in [2.45, 2.75) is 33.6 Å². The van der Waals surface area contributed by atoms with E-state index in [4.69, 9.17) is 4.74 Å². The molecule has 0 fully saturated rings. The summed E-state index contributed by atoms with van der Waals surface area (Å²) in [5.74, 6) is -0.0594. The van der Waals surface area contributed by atoms with Crippen LogP contribution >= 0.6 is 0 Å². The van der Waals surface area contributed by atoms with Gasteiger partial charge in [-0.15, -0.1) is 15.0 Å². The fraction of sp³-hybridized carbons (Fsp3) is 0.471. The second-order valence-electron chi connectivity index (χ2n) is 5.35. The Hall–Kier alpha value is -2.57. The van der Waals surface area contributed by atoms with Crippen LogP contribution < -0.4 is 9.64 Å². The van der Waals surface area contributed by atoms with E-state index in [1.54, 1.807) is 0 Å². The van der Waals surface area contributed by atoms with Gasteiger partial charge in [0, 0.05) is 13.1 Å². The molecule has 0 saturated heterocycles. The molecule has 1 aromatic heterocycles. The lowest BCUT2D eigenvalue weighted by Crippen LogP contribution is -2.27. The molecule has 1 aromatic carbocycles. The lowest BCUT2D eigenvalue weighted by atomic mass is 10.3. The van der Waals surface area contributed by atoms with E-state index in [-0.39, 0.29) is 5.69 Å². The predicted octanol–water partition coefficient (Wildman–Crippen LogP) is 2.99. The molecule has 24 heavy (non-hydrogen) atoms. The van der Waals surface area contributed by atoms with Crippen molar-refractivity contribution in [3.63, 3.8) is 0 Å². The van der Waals surface area contributed by atoms with Gasteiger partial charge in [0.25, 0.3) is 0 Å². The van der Waals surface area contributed by atoms with Crippen LogP contribution in [0.15, 0.2) is 24.3 Å². The van der Waals surface area contributed by atoms with Gasteiger partial charge in [-0.2, -0.15) is 0 Å². The summed E-state index contributed by atoms with van der Waals surface area (Å²) in [6.45, 7) is 7.98. The van der Waals surface area contributed by atoms with Crippen molar-refractivity contribution in [3.8, 4) is 11.4 Å². The average Bonchev–Trinajstić information content (AvgIpc) is 3.01. The van der Waals surface area contributed by atoms with Crippen molar-refractivity contribution < 1.29 is 14.6 Å². The minimum Gasteiger partial charge on any atom is -0.492 e. The third kappa shape index (κ3) is 3.84. The highest BCUT2D eigenvalue weighted by Crippen LogP contribution is 2.24. The molecule has 0 aliphatic rings. The van der Waals surface area contributed by atoms with E-state index in [0.29, 0.717) is 23.9 Å². The first-order valence-electron chi connectivity index (χ1n) is 8.30. The van der Waals surface area contributed by atoms with E-state index < -0.39 is 5.97 Å². The minimum absolute atomic E-state index is 0.0387. The minimum atomic E-state index is -1.08. The standard InChI is InChI=1S/C17H24N4O3/c1-4-11-20(12-5-2)16-15(17(22)23)18-21(19-16)13-9-7-8-10-14(13)24-6-3/h7-10H,4-6,11-12H2,1-3H3,(H,22,23). The van der Waals surface area contributed by atoms with Gasteiger partial charge in [-0.25, -0.2) is 4.79 Å². The molecule has 0 unspecified atom stereocenters. The molecule has 0 amide bonds. The Morgan fingerprint density at radius 3 is 2.42 bits per heavy atom. The van der Waals surface area contributed by atoms with Gasteiger partial charge in [0.1, 0.15) is 11.4 Å². The number of nitrogens with zero attached hydrogens (tertiary/aromatic N) is 4. The number of carbonyl (C=O) groups is 1. The van der Waals surface area contributed by atoms with Crippen LogP contribution in [0.1, 0.15) is 44.1 Å². The van der Waals surface area contributed by atoms with Crippen LogP contribution in [0.4, 0.5) is 5.82 Å². The number of carboxylic acid groups (broad SMARTS) is 1. The van der Waals surface area contributed by atoms with Crippen molar-refractivity contribution in [1.82, 2.24) is 15.0 Å². The normalized spacial score (nSPS) is 10.6.